The number of rotatable bonds is 4. The Labute approximate surface area is 113 Å². The van der Waals surface area contributed by atoms with E-state index in [9.17, 15) is 0 Å². The lowest BCUT2D eigenvalue weighted by Gasteiger charge is -2.05. The standard InChI is InChI=1S/C12H10BrClN2O/c13-10-3-1-2-9(4-10)8-17-12-7-15-11(5-14)6-16-12/h1-4,6-7H,5,8H2. The smallest absolute Gasteiger partial charge is 0.232 e. The van der Waals surface area contributed by atoms with Crippen LogP contribution in [0.1, 0.15) is 11.3 Å². The molecule has 0 atom stereocenters. The van der Waals surface area contributed by atoms with Crippen LogP contribution in [-0.2, 0) is 12.5 Å². The molecule has 17 heavy (non-hydrogen) atoms. The normalized spacial score (nSPS) is 10.2. The lowest BCUT2D eigenvalue weighted by molar-refractivity contribution is 0.292. The molecule has 0 saturated carbocycles. The van der Waals surface area contributed by atoms with Crippen LogP contribution < -0.4 is 4.74 Å². The molecule has 0 spiro atoms. The van der Waals surface area contributed by atoms with Crippen LogP contribution in [0.5, 0.6) is 5.88 Å². The molecule has 2 rings (SSSR count). The van der Waals surface area contributed by atoms with Gasteiger partial charge in [0.15, 0.2) is 0 Å². The second kappa shape index (κ2) is 5.98. The van der Waals surface area contributed by atoms with Gasteiger partial charge in [-0.05, 0) is 17.7 Å². The summed E-state index contributed by atoms with van der Waals surface area (Å²) in [7, 11) is 0. The third kappa shape index (κ3) is 3.68. The molecule has 0 aliphatic rings. The monoisotopic (exact) mass is 312 g/mol. The van der Waals surface area contributed by atoms with Crippen molar-refractivity contribution >= 4 is 27.5 Å². The first-order chi connectivity index (χ1) is 8.28. The molecule has 88 valence electrons. The van der Waals surface area contributed by atoms with E-state index in [2.05, 4.69) is 25.9 Å². The summed E-state index contributed by atoms with van der Waals surface area (Å²) >= 11 is 9.03. The van der Waals surface area contributed by atoms with Crippen molar-refractivity contribution < 1.29 is 4.74 Å². The number of hydrogen-bond donors (Lipinski definition) is 0. The number of nitrogens with zero attached hydrogens (tertiary/aromatic N) is 2. The van der Waals surface area contributed by atoms with Crippen molar-refractivity contribution in [2.24, 2.45) is 0 Å². The van der Waals surface area contributed by atoms with Crippen molar-refractivity contribution in [3.05, 3.63) is 52.4 Å². The highest BCUT2D eigenvalue weighted by Gasteiger charge is 1.99. The summed E-state index contributed by atoms with van der Waals surface area (Å²) in [5, 5.41) is 0. The van der Waals surface area contributed by atoms with Crippen molar-refractivity contribution in [2.75, 3.05) is 0 Å². The van der Waals surface area contributed by atoms with Crippen LogP contribution in [0.15, 0.2) is 41.1 Å². The van der Waals surface area contributed by atoms with Crippen molar-refractivity contribution in [1.82, 2.24) is 9.97 Å². The minimum atomic E-state index is 0.360. The largest absolute Gasteiger partial charge is 0.472 e. The van der Waals surface area contributed by atoms with Gasteiger partial charge in [0, 0.05) is 4.47 Å². The average molecular weight is 314 g/mol. The zero-order chi connectivity index (χ0) is 12.1. The lowest BCUT2D eigenvalue weighted by Crippen LogP contribution is -1.98. The van der Waals surface area contributed by atoms with Gasteiger partial charge in [-0.3, -0.25) is 4.98 Å². The molecular formula is C12H10BrClN2O. The van der Waals surface area contributed by atoms with Gasteiger partial charge in [0.1, 0.15) is 6.61 Å². The Morgan fingerprint density at radius 3 is 2.76 bits per heavy atom. The molecule has 2 aromatic rings. The number of alkyl halides is 1. The van der Waals surface area contributed by atoms with Gasteiger partial charge < -0.3 is 4.74 Å². The number of benzene rings is 1. The summed E-state index contributed by atoms with van der Waals surface area (Å²) in [4.78, 5) is 8.20. The third-order valence-electron chi connectivity index (χ3n) is 2.09. The van der Waals surface area contributed by atoms with Gasteiger partial charge in [-0.2, -0.15) is 0 Å². The predicted octanol–water partition coefficient (Wildman–Crippen LogP) is 3.56. The summed E-state index contributed by atoms with van der Waals surface area (Å²) < 4.78 is 6.54. The molecule has 0 amide bonds. The summed E-state index contributed by atoms with van der Waals surface area (Å²) in [6.45, 7) is 0.467. The Balaban J connectivity index is 1.97. The SMILES string of the molecule is ClCc1cnc(OCc2cccc(Br)c2)cn1. The Morgan fingerprint density at radius 2 is 2.12 bits per heavy atom. The first-order valence-corrected chi connectivity index (χ1v) is 6.35. The molecule has 5 heteroatoms. The summed E-state index contributed by atoms with van der Waals surface area (Å²) in [5.41, 5.74) is 1.81. The zero-order valence-electron chi connectivity index (χ0n) is 8.94. The molecule has 3 nitrogen and oxygen atoms in total. The molecule has 0 saturated heterocycles. The van der Waals surface area contributed by atoms with E-state index in [4.69, 9.17) is 16.3 Å². The van der Waals surface area contributed by atoms with Crippen LogP contribution in [-0.4, -0.2) is 9.97 Å². The van der Waals surface area contributed by atoms with Gasteiger partial charge in [-0.25, -0.2) is 4.98 Å². The van der Waals surface area contributed by atoms with Crippen LogP contribution in [0, 0.1) is 0 Å². The molecule has 0 fully saturated rings. The van der Waals surface area contributed by atoms with Crippen LogP contribution in [0.3, 0.4) is 0 Å². The van der Waals surface area contributed by atoms with E-state index in [1.54, 1.807) is 12.4 Å². The summed E-state index contributed by atoms with van der Waals surface area (Å²) in [6, 6.07) is 7.93. The molecule has 1 heterocycles. The first-order valence-electron chi connectivity index (χ1n) is 5.02. The van der Waals surface area contributed by atoms with Gasteiger partial charge in [0.2, 0.25) is 5.88 Å². The van der Waals surface area contributed by atoms with Gasteiger partial charge in [-0.1, -0.05) is 28.1 Å². The third-order valence-corrected chi connectivity index (χ3v) is 2.86. The lowest BCUT2D eigenvalue weighted by atomic mass is 10.2. The fourth-order valence-electron chi connectivity index (χ4n) is 1.27. The van der Waals surface area contributed by atoms with E-state index in [0.717, 1.165) is 15.7 Å². The second-order valence-corrected chi connectivity index (χ2v) is 4.58. The second-order valence-electron chi connectivity index (χ2n) is 3.40. The van der Waals surface area contributed by atoms with Crippen molar-refractivity contribution in [3.8, 4) is 5.88 Å². The van der Waals surface area contributed by atoms with Gasteiger partial charge in [0.05, 0.1) is 24.0 Å². The predicted molar refractivity (Wildman–Crippen MR) is 70.1 cm³/mol. The number of ether oxygens (including phenoxy) is 1. The minimum absolute atomic E-state index is 0.360. The van der Waals surface area contributed by atoms with Gasteiger partial charge in [0.25, 0.3) is 0 Å². The molecule has 0 radical (unpaired) electrons. The van der Waals surface area contributed by atoms with E-state index < -0.39 is 0 Å². The van der Waals surface area contributed by atoms with Crippen LogP contribution in [0.25, 0.3) is 0 Å². The summed E-state index contributed by atoms with van der Waals surface area (Å²) in [6.07, 6.45) is 3.19. The highest BCUT2D eigenvalue weighted by molar-refractivity contribution is 9.10. The molecular weight excluding hydrogens is 304 g/mol. The Hall–Kier alpha value is -1.13. The average Bonchev–Trinajstić information content (AvgIpc) is 2.37. The van der Waals surface area contributed by atoms with Crippen molar-refractivity contribution in [2.45, 2.75) is 12.5 Å². The molecule has 1 aromatic carbocycles. The Morgan fingerprint density at radius 1 is 1.24 bits per heavy atom. The Kier molecular flexibility index (Phi) is 4.34. The van der Waals surface area contributed by atoms with E-state index in [1.165, 1.54) is 0 Å². The van der Waals surface area contributed by atoms with Gasteiger partial charge in [-0.15, -0.1) is 11.6 Å². The summed E-state index contributed by atoms with van der Waals surface area (Å²) in [5.74, 6) is 0.859. The van der Waals surface area contributed by atoms with E-state index in [-0.39, 0.29) is 0 Å². The maximum absolute atomic E-state index is 5.62. The van der Waals surface area contributed by atoms with Crippen LogP contribution in [0.4, 0.5) is 0 Å². The quantitative estimate of drug-likeness (QED) is 0.810. The highest BCUT2D eigenvalue weighted by atomic mass is 79.9. The maximum atomic E-state index is 5.62. The van der Waals surface area contributed by atoms with Crippen LogP contribution in [0.2, 0.25) is 0 Å². The molecule has 0 unspecified atom stereocenters. The molecule has 0 bridgehead atoms. The fraction of sp³-hybridized carbons (Fsp3) is 0.167. The minimum Gasteiger partial charge on any atom is -0.472 e. The highest BCUT2D eigenvalue weighted by Crippen LogP contribution is 2.14. The Bertz CT molecular complexity index is 490. The maximum Gasteiger partial charge on any atom is 0.232 e. The first kappa shape index (κ1) is 12.3. The van der Waals surface area contributed by atoms with Crippen molar-refractivity contribution in [1.29, 1.82) is 0 Å². The molecule has 0 aliphatic carbocycles. The molecule has 1 aromatic heterocycles. The van der Waals surface area contributed by atoms with E-state index in [1.807, 2.05) is 24.3 Å². The topological polar surface area (TPSA) is 35.0 Å². The van der Waals surface area contributed by atoms with Crippen molar-refractivity contribution in [3.63, 3.8) is 0 Å². The number of aromatic nitrogens is 2. The number of halogens is 2. The molecule has 0 aliphatic heterocycles. The van der Waals surface area contributed by atoms with E-state index in [0.29, 0.717) is 18.4 Å². The molecule has 0 N–H and O–H groups in total. The number of hydrogen-bond acceptors (Lipinski definition) is 3. The van der Waals surface area contributed by atoms with E-state index >= 15 is 0 Å². The fourth-order valence-corrected chi connectivity index (χ4v) is 1.86. The van der Waals surface area contributed by atoms with Crippen LogP contribution >= 0.6 is 27.5 Å². The zero-order valence-corrected chi connectivity index (χ0v) is 11.3. The van der Waals surface area contributed by atoms with Gasteiger partial charge >= 0.3 is 0 Å².